The van der Waals surface area contributed by atoms with Crippen molar-refractivity contribution in [2.24, 2.45) is 16.9 Å². The highest BCUT2D eigenvalue weighted by Gasteiger charge is 2.64. The third-order valence-electron chi connectivity index (χ3n) is 6.25. The third kappa shape index (κ3) is 2.83. The Balaban J connectivity index is 1.59. The van der Waals surface area contributed by atoms with Crippen LogP contribution in [-0.4, -0.2) is 55.1 Å². The Hall–Kier alpha value is -3.94. The summed E-state index contributed by atoms with van der Waals surface area (Å²) in [5.74, 6) is -1.74. The minimum absolute atomic E-state index is 0.236. The summed E-state index contributed by atoms with van der Waals surface area (Å²) in [7, 11) is 2.99. The molecule has 0 unspecified atom stereocenters. The predicted octanol–water partition coefficient (Wildman–Crippen LogP) is 2.30. The van der Waals surface area contributed by atoms with Gasteiger partial charge in [0.15, 0.2) is 5.78 Å². The summed E-state index contributed by atoms with van der Waals surface area (Å²) in [4.78, 5) is 41.9. The number of hydrogen-bond donors (Lipinski definition) is 0. The summed E-state index contributed by atoms with van der Waals surface area (Å²) in [5, 5.41) is 5.96. The van der Waals surface area contributed by atoms with Crippen LogP contribution >= 0.6 is 0 Å². The molecule has 162 valence electrons. The number of Topliss-reactive ketones (excluding diaryl/α,β-unsaturated/α-hetero) is 1. The average Bonchev–Trinajstić information content (AvgIpc) is 3.31. The maximum Gasteiger partial charge on any atom is 0.240 e. The molecule has 2 saturated heterocycles. The summed E-state index contributed by atoms with van der Waals surface area (Å²) in [6, 6.07) is 12.3. The molecule has 2 aromatic rings. The molecule has 2 fully saturated rings. The molecule has 0 spiro atoms. The lowest BCUT2D eigenvalue weighted by Gasteiger charge is -2.30. The number of fused-ring (bicyclic) bond motifs is 3. The quantitative estimate of drug-likeness (QED) is 0.533. The number of anilines is 1. The van der Waals surface area contributed by atoms with Gasteiger partial charge >= 0.3 is 0 Å². The zero-order valence-electron chi connectivity index (χ0n) is 17.5. The molecule has 8 heteroatoms. The lowest BCUT2D eigenvalue weighted by Crippen LogP contribution is -2.46. The Morgan fingerprint density at radius 2 is 1.72 bits per heavy atom. The predicted molar refractivity (Wildman–Crippen MR) is 117 cm³/mol. The van der Waals surface area contributed by atoms with E-state index < -0.39 is 29.8 Å². The van der Waals surface area contributed by atoms with Crippen LogP contribution in [0.2, 0.25) is 0 Å². The molecule has 0 aromatic heterocycles. The maximum atomic E-state index is 13.7. The van der Waals surface area contributed by atoms with Gasteiger partial charge in [-0.1, -0.05) is 36.4 Å². The molecule has 0 N–H and O–H groups in total. The second-order valence-electron chi connectivity index (χ2n) is 7.80. The number of imide groups is 1. The van der Waals surface area contributed by atoms with Gasteiger partial charge in [-0.15, -0.1) is 0 Å². The van der Waals surface area contributed by atoms with E-state index in [0.717, 1.165) is 4.90 Å². The number of nitrogens with zero attached hydrogens (tertiary/aromatic N) is 3. The van der Waals surface area contributed by atoms with Crippen molar-refractivity contribution in [2.45, 2.75) is 12.1 Å². The maximum absolute atomic E-state index is 13.7. The largest absolute Gasteiger partial charge is 0.497 e. The number of hydrazone groups is 1. The van der Waals surface area contributed by atoms with E-state index in [1.165, 1.54) is 14.2 Å². The molecule has 8 nitrogen and oxygen atoms in total. The number of rotatable bonds is 5. The Kier molecular flexibility index (Phi) is 4.77. The molecule has 3 aliphatic rings. The second-order valence-corrected chi connectivity index (χ2v) is 7.80. The topological polar surface area (TPSA) is 88.5 Å². The normalized spacial score (nSPS) is 25.7. The molecule has 3 heterocycles. The monoisotopic (exact) mass is 431 g/mol. The molecule has 4 atom stereocenters. The summed E-state index contributed by atoms with van der Waals surface area (Å²) in [6.45, 7) is 0. The number of carbonyl (C=O) groups is 3. The summed E-state index contributed by atoms with van der Waals surface area (Å²) < 4.78 is 10.7. The van der Waals surface area contributed by atoms with Crippen molar-refractivity contribution in [3.8, 4) is 11.5 Å². The van der Waals surface area contributed by atoms with Gasteiger partial charge in [0.25, 0.3) is 0 Å². The van der Waals surface area contributed by atoms with E-state index in [1.54, 1.807) is 59.8 Å². The fourth-order valence-corrected chi connectivity index (χ4v) is 4.82. The van der Waals surface area contributed by atoms with Crippen LogP contribution in [0, 0.1) is 11.8 Å². The van der Waals surface area contributed by atoms with Crippen molar-refractivity contribution in [1.29, 1.82) is 0 Å². The minimum Gasteiger partial charge on any atom is -0.497 e. The number of ketones is 1. The second kappa shape index (κ2) is 7.64. The third-order valence-corrected chi connectivity index (χ3v) is 6.25. The van der Waals surface area contributed by atoms with Gasteiger partial charge in [0.1, 0.15) is 17.5 Å². The van der Waals surface area contributed by atoms with Gasteiger partial charge in [0.05, 0.1) is 37.8 Å². The number of ether oxygens (including phenoxy) is 2. The van der Waals surface area contributed by atoms with E-state index in [4.69, 9.17) is 9.47 Å². The van der Waals surface area contributed by atoms with Gasteiger partial charge in [-0.3, -0.25) is 19.4 Å². The van der Waals surface area contributed by atoms with Crippen LogP contribution < -0.4 is 14.4 Å². The number of carbonyl (C=O) groups excluding carboxylic acids is 3. The van der Waals surface area contributed by atoms with Crippen LogP contribution in [0.4, 0.5) is 5.69 Å². The lowest BCUT2D eigenvalue weighted by atomic mass is 9.86. The SMILES string of the molecule is COc1ccc(N2C(=O)[C@@H]3[C@H](C2=O)[C@H](C(=O)c2ccccc2)N2N=CC=C[C@@H]32)c(OC)c1. The van der Waals surface area contributed by atoms with Gasteiger partial charge in [-0.05, 0) is 18.2 Å². The van der Waals surface area contributed by atoms with E-state index in [-0.39, 0.29) is 11.7 Å². The number of amides is 2. The van der Waals surface area contributed by atoms with Crippen molar-refractivity contribution in [3.63, 3.8) is 0 Å². The molecule has 32 heavy (non-hydrogen) atoms. The zero-order chi connectivity index (χ0) is 22.4. The van der Waals surface area contributed by atoms with Gasteiger partial charge < -0.3 is 9.47 Å². The van der Waals surface area contributed by atoms with Crippen LogP contribution in [0.15, 0.2) is 65.8 Å². The molecular formula is C24H21N3O5. The Bertz CT molecular complexity index is 1160. The minimum atomic E-state index is -0.876. The number of methoxy groups -OCH3 is 2. The van der Waals surface area contributed by atoms with Crippen LogP contribution in [-0.2, 0) is 9.59 Å². The molecule has 2 aromatic carbocycles. The molecule has 5 rings (SSSR count). The smallest absolute Gasteiger partial charge is 0.240 e. The van der Waals surface area contributed by atoms with Gasteiger partial charge in [-0.25, -0.2) is 4.90 Å². The Morgan fingerprint density at radius 1 is 0.969 bits per heavy atom. The summed E-state index contributed by atoms with van der Waals surface area (Å²) in [6.07, 6.45) is 5.13. The fourth-order valence-electron chi connectivity index (χ4n) is 4.82. The van der Waals surface area contributed by atoms with Crippen LogP contribution in [0.3, 0.4) is 0 Å². The van der Waals surface area contributed by atoms with Crippen LogP contribution in [0.25, 0.3) is 0 Å². The van der Waals surface area contributed by atoms with Crippen LogP contribution in [0.1, 0.15) is 10.4 Å². The molecule has 0 saturated carbocycles. The highest BCUT2D eigenvalue weighted by molar-refractivity contribution is 6.25. The summed E-state index contributed by atoms with van der Waals surface area (Å²) in [5.41, 5.74) is 0.806. The molecular weight excluding hydrogens is 410 g/mol. The first-order valence-corrected chi connectivity index (χ1v) is 10.2. The van der Waals surface area contributed by atoms with Gasteiger partial charge in [0.2, 0.25) is 11.8 Å². The van der Waals surface area contributed by atoms with E-state index in [1.807, 2.05) is 12.1 Å². The molecule has 3 aliphatic heterocycles. The highest BCUT2D eigenvalue weighted by Crippen LogP contribution is 2.48. The average molecular weight is 431 g/mol. The van der Waals surface area contributed by atoms with E-state index >= 15 is 0 Å². The van der Waals surface area contributed by atoms with E-state index in [2.05, 4.69) is 5.10 Å². The van der Waals surface area contributed by atoms with Crippen LogP contribution in [0.5, 0.6) is 11.5 Å². The van der Waals surface area contributed by atoms with E-state index in [0.29, 0.717) is 22.7 Å². The first-order chi connectivity index (χ1) is 15.6. The standard InChI is InChI=1S/C24H21N3O5/c1-31-15-10-11-16(18(13-15)32-2)26-23(29)19-17-9-6-12-25-27(17)21(20(19)24(26)30)22(28)14-7-4-3-5-8-14/h3-13,17,19-21H,1-2H3/t17-,19-,20-,21+/m0/s1. The van der Waals surface area contributed by atoms with E-state index in [9.17, 15) is 14.4 Å². The van der Waals surface area contributed by atoms with Crippen molar-refractivity contribution in [1.82, 2.24) is 5.01 Å². The Labute approximate surface area is 184 Å². The lowest BCUT2D eigenvalue weighted by molar-refractivity contribution is -0.123. The van der Waals surface area contributed by atoms with Crippen molar-refractivity contribution in [3.05, 3.63) is 66.2 Å². The number of benzene rings is 2. The first-order valence-electron chi connectivity index (χ1n) is 10.2. The Morgan fingerprint density at radius 3 is 2.44 bits per heavy atom. The fraction of sp³-hybridized carbons (Fsp3) is 0.250. The molecule has 0 bridgehead atoms. The zero-order valence-corrected chi connectivity index (χ0v) is 17.5. The highest BCUT2D eigenvalue weighted by atomic mass is 16.5. The molecule has 0 aliphatic carbocycles. The van der Waals surface area contributed by atoms with Gasteiger partial charge in [-0.2, -0.15) is 5.10 Å². The molecule has 2 amide bonds. The number of allylic oxidation sites excluding steroid dienone is 1. The molecule has 0 radical (unpaired) electrons. The van der Waals surface area contributed by atoms with Gasteiger partial charge in [0, 0.05) is 17.8 Å². The summed E-state index contributed by atoms with van der Waals surface area (Å²) >= 11 is 0. The van der Waals surface area contributed by atoms with Crippen molar-refractivity contribution >= 4 is 29.5 Å². The van der Waals surface area contributed by atoms with Crippen molar-refractivity contribution < 1.29 is 23.9 Å². The van der Waals surface area contributed by atoms with Crippen molar-refractivity contribution in [2.75, 3.05) is 19.1 Å². The first kappa shape index (κ1) is 20.0. The number of hydrogen-bond acceptors (Lipinski definition) is 7.